The minimum atomic E-state index is 0.0759. The summed E-state index contributed by atoms with van der Waals surface area (Å²) in [6, 6.07) is 6.57. The number of rotatable bonds is 4. The maximum Gasteiger partial charge on any atom is 0.0416 e. The Labute approximate surface area is 130 Å². The van der Waals surface area contributed by atoms with E-state index in [9.17, 15) is 0 Å². The summed E-state index contributed by atoms with van der Waals surface area (Å²) in [5.41, 5.74) is 8.69. The average Bonchev–Trinajstić information content (AvgIpc) is 3.24. The second-order valence-corrected chi connectivity index (χ2v) is 7.14. The third-order valence-electron chi connectivity index (χ3n) is 4.41. The number of nitrogens with two attached hydrogens (primary N) is 1. The fraction of sp³-hybridized carbons (Fsp3) is 0.625. The lowest BCUT2D eigenvalue weighted by Crippen LogP contribution is -2.47. The Balaban J connectivity index is 1.67. The molecule has 0 radical (unpaired) electrons. The largest absolute Gasteiger partial charge is 0.369 e. The minimum Gasteiger partial charge on any atom is -0.369 e. The summed E-state index contributed by atoms with van der Waals surface area (Å²) in [7, 11) is 0. The molecule has 1 aliphatic heterocycles. The topological polar surface area (TPSA) is 32.5 Å². The van der Waals surface area contributed by atoms with E-state index in [0.717, 1.165) is 23.5 Å². The molecule has 0 amide bonds. The molecule has 0 bridgehead atoms. The third-order valence-corrected chi connectivity index (χ3v) is 4.90. The summed E-state index contributed by atoms with van der Waals surface area (Å²) in [4.78, 5) is 5.12. The van der Waals surface area contributed by atoms with Gasteiger partial charge in [-0.25, -0.2) is 0 Å². The summed E-state index contributed by atoms with van der Waals surface area (Å²) in [6.45, 7) is 7.99. The van der Waals surface area contributed by atoms with Crippen LogP contribution in [0.25, 0.3) is 0 Å². The number of piperazine rings is 1. The second-order valence-electron chi connectivity index (χ2n) is 6.22. The van der Waals surface area contributed by atoms with Gasteiger partial charge in [0.25, 0.3) is 0 Å². The predicted molar refractivity (Wildman–Crippen MR) is 88.1 cm³/mol. The Morgan fingerprint density at radius 2 is 1.95 bits per heavy atom. The highest BCUT2D eigenvalue weighted by Gasteiger charge is 2.27. The van der Waals surface area contributed by atoms with Crippen molar-refractivity contribution in [1.82, 2.24) is 4.90 Å². The van der Waals surface area contributed by atoms with Gasteiger partial charge in [0.2, 0.25) is 0 Å². The summed E-state index contributed by atoms with van der Waals surface area (Å²) in [6.07, 6.45) is 2.89. The van der Waals surface area contributed by atoms with Crippen molar-refractivity contribution in [2.75, 3.05) is 37.6 Å². The lowest BCUT2D eigenvalue weighted by molar-refractivity contribution is 0.248. The molecule has 3 nitrogen and oxygen atoms in total. The number of nitrogens with zero attached hydrogens (tertiary/aromatic N) is 2. The SMILES string of the molecule is CC(N)c1cc(Br)ccc1N1CCN(CC2CC2)CC1. The molecular weight excluding hydrogens is 314 g/mol. The number of hydrogen-bond acceptors (Lipinski definition) is 3. The van der Waals surface area contributed by atoms with Crippen molar-refractivity contribution in [3.05, 3.63) is 28.2 Å². The molecule has 4 heteroatoms. The van der Waals surface area contributed by atoms with Gasteiger partial charge in [-0.05, 0) is 49.4 Å². The zero-order valence-corrected chi connectivity index (χ0v) is 13.8. The van der Waals surface area contributed by atoms with Crippen LogP contribution in [0.5, 0.6) is 0 Å². The van der Waals surface area contributed by atoms with Crippen molar-refractivity contribution in [2.45, 2.75) is 25.8 Å². The highest BCUT2D eigenvalue weighted by atomic mass is 79.9. The first-order valence-electron chi connectivity index (χ1n) is 7.66. The highest BCUT2D eigenvalue weighted by Crippen LogP contribution is 2.32. The van der Waals surface area contributed by atoms with E-state index in [2.05, 4.69) is 50.9 Å². The van der Waals surface area contributed by atoms with Gasteiger partial charge < -0.3 is 10.6 Å². The standard InChI is InChI=1S/C16H24BrN3/c1-12(18)15-10-14(17)4-5-16(15)20-8-6-19(7-9-20)11-13-2-3-13/h4-5,10,12-13H,2-3,6-9,11,18H2,1H3. The number of anilines is 1. The third kappa shape index (κ3) is 3.35. The zero-order chi connectivity index (χ0) is 14.1. The molecule has 1 aliphatic carbocycles. The molecule has 1 aromatic rings. The van der Waals surface area contributed by atoms with Gasteiger partial charge in [0.15, 0.2) is 0 Å². The van der Waals surface area contributed by atoms with Crippen molar-refractivity contribution >= 4 is 21.6 Å². The van der Waals surface area contributed by atoms with E-state index >= 15 is 0 Å². The van der Waals surface area contributed by atoms with Crippen LogP contribution < -0.4 is 10.6 Å². The summed E-state index contributed by atoms with van der Waals surface area (Å²) >= 11 is 3.55. The molecule has 0 spiro atoms. The molecule has 2 N–H and O–H groups in total. The van der Waals surface area contributed by atoms with Gasteiger partial charge in [0.1, 0.15) is 0 Å². The average molecular weight is 338 g/mol. The monoisotopic (exact) mass is 337 g/mol. The van der Waals surface area contributed by atoms with Crippen LogP contribution in [-0.2, 0) is 0 Å². The fourth-order valence-corrected chi connectivity index (χ4v) is 3.39. The first kappa shape index (κ1) is 14.4. The van der Waals surface area contributed by atoms with Crippen LogP contribution in [0.15, 0.2) is 22.7 Å². The molecule has 1 aromatic carbocycles. The Kier molecular flexibility index (Phi) is 4.34. The molecular formula is C16H24BrN3. The van der Waals surface area contributed by atoms with Crippen molar-refractivity contribution in [3.8, 4) is 0 Å². The second kappa shape index (κ2) is 6.04. The van der Waals surface area contributed by atoms with E-state index in [4.69, 9.17) is 5.73 Å². The van der Waals surface area contributed by atoms with E-state index in [0.29, 0.717) is 0 Å². The smallest absolute Gasteiger partial charge is 0.0416 e. The van der Waals surface area contributed by atoms with Crippen LogP contribution in [0.1, 0.15) is 31.4 Å². The van der Waals surface area contributed by atoms with E-state index in [-0.39, 0.29) is 6.04 Å². The summed E-state index contributed by atoms with van der Waals surface area (Å²) < 4.78 is 1.11. The lowest BCUT2D eigenvalue weighted by Gasteiger charge is -2.37. The predicted octanol–water partition coefficient (Wildman–Crippen LogP) is 3.00. The van der Waals surface area contributed by atoms with Crippen LogP contribution in [0.3, 0.4) is 0 Å². The Morgan fingerprint density at radius 3 is 2.55 bits per heavy atom. The fourth-order valence-electron chi connectivity index (χ4n) is 3.01. The maximum absolute atomic E-state index is 6.13. The van der Waals surface area contributed by atoms with Crippen molar-refractivity contribution in [2.24, 2.45) is 11.7 Å². The van der Waals surface area contributed by atoms with E-state index in [1.165, 1.54) is 43.7 Å². The first-order valence-corrected chi connectivity index (χ1v) is 8.45. The molecule has 2 aliphatic rings. The van der Waals surface area contributed by atoms with E-state index < -0.39 is 0 Å². The van der Waals surface area contributed by atoms with Crippen LogP contribution >= 0.6 is 15.9 Å². The molecule has 1 atom stereocenters. The van der Waals surface area contributed by atoms with Gasteiger partial charge in [-0.1, -0.05) is 15.9 Å². The maximum atomic E-state index is 6.13. The zero-order valence-electron chi connectivity index (χ0n) is 12.2. The van der Waals surface area contributed by atoms with Gasteiger partial charge in [0.05, 0.1) is 0 Å². The number of hydrogen-bond donors (Lipinski definition) is 1. The van der Waals surface area contributed by atoms with Gasteiger partial charge in [0, 0.05) is 48.9 Å². The molecule has 1 unspecified atom stereocenters. The van der Waals surface area contributed by atoms with Crippen LogP contribution in [0.4, 0.5) is 5.69 Å². The number of benzene rings is 1. The minimum absolute atomic E-state index is 0.0759. The molecule has 0 aromatic heterocycles. The number of halogens is 1. The van der Waals surface area contributed by atoms with Gasteiger partial charge in [-0.15, -0.1) is 0 Å². The Bertz CT molecular complexity index is 463. The van der Waals surface area contributed by atoms with Crippen LogP contribution in [-0.4, -0.2) is 37.6 Å². The molecule has 1 heterocycles. The molecule has 3 rings (SSSR count). The Morgan fingerprint density at radius 1 is 1.25 bits per heavy atom. The van der Waals surface area contributed by atoms with Crippen LogP contribution in [0, 0.1) is 5.92 Å². The van der Waals surface area contributed by atoms with Crippen molar-refractivity contribution in [1.29, 1.82) is 0 Å². The molecule has 1 saturated heterocycles. The summed E-state index contributed by atoms with van der Waals surface area (Å²) in [5, 5.41) is 0. The molecule has 110 valence electrons. The lowest BCUT2D eigenvalue weighted by atomic mass is 10.1. The molecule has 2 fully saturated rings. The van der Waals surface area contributed by atoms with Gasteiger partial charge in [-0.3, -0.25) is 4.90 Å². The quantitative estimate of drug-likeness (QED) is 0.916. The molecule has 1 saturated carbocycles. The van der Waals surface area contributed by atoms with Gasteiger partial charge >= 0.3 is 0 Å². The van der Waals surface area contributed by atoms with Crippen molar-refractivity contribution < 1.29 is 0 Å². The van der Waals surface area contributed by atoms with E-state index in [1.807, 2.05) is 0 Å². The summed E-state index contributed by atoms with van der Waals surface area (Å²) in [5.74, 6) is 0.994. The van der Waals surface area contributed by atoms with Crippen molar-refractivity contribution in [3.63, 3.8) is 0 Å². The van der Waals surface area contributed by atoms with Crippen LogP contribution in [0.2, 0.25) is 0 Å². The normalized spacial score (nSPS) is 22.1. The first-order chi connectivity index (χ1) is 9.63. The molecule has 20 heavy (non-hydrogen) atoms. The van der Waals surface area contributed by atoms with E-state index in [1.54, 1.807) is 0 Å². The highest BCUT2D eigenvalue weighted by molar-refractivity contribution is 9.10. The van der Waals surface area contributed by atoms with Gasteiger partial charge in [-0.2, -0.15) is 0 Å². The Hall–Kier alpha value is -0.580.